The van der Waals surface area contributed by atoms with Crippen molar-refractivity contribution in [3.63, 3.8) is 0 Å². The average Bonchev–Trinajstić information content (AvgIpc) is 2.37. The van der Waals surface area contributed by atoms with E-state index in [-0.39, 0.29) is 5.91 Å². The second-order valence-electron chi connectivity index (χ2n) is 4.48. The number of carbonyl (C=O) groups is 1. The monoisotopic (exact) mass is 250 g/mol. The van der Waals surface area contributed by atoms with E-state index < -0.39 is 6.10 Å². The Balaban J connectivity index is 2.25. The minimum Gasteiger partial charge on any atom is -0.494 e. The van der Waals surface area contributed by atoms with E-state index >= 15 is 0 Å². The number of nitrogen functional groups attached to an aromatic ring is 1. The van der Waals surface area contributed by atoms with E-state index in [0.29, 0.717) is 30.1 Å². The number of benzene rings is 1. The number of carbonyl (C=O) groups excluding carboxylic acids is 1. The van der Waals surface area contributed by atoms with Crippen molar-refractivity contribution in [3.8, 4) is 5.75 Å². The third-order valence-electron chi connectivity index (χ3n) is 3.16. The Morgan fingerprint density at radius 1 is 1.56 bits per heavy atom. The number of methoxy groups -OCH3 is 1. The van der Waals surface area contributed by atoms with Crippen LogP contribution in [0, 0.1) is 0 Å². The topological polar surface area (TPSA) is 75.8 Å². The highest BCUT2D eigenvalue weighted by atomic mass is 16.5. The number of ether oxygens (including phenoxy) is 1. The van der Waals surface area contributed by atoms with Gasteiger partial charge in [-0.15, -0.1) is 0 Å². The molecule has 5 heteroatoms. The van der Waals surface area contributed by atoms with Gasteiger partial charge in [0.1, 0.15) is 0 Å². The van der Waals surface area contributed by atoms with Gasteiger partial charge in [-0.1, -0.05) is 6.07 Å². The van der Waals surface area contributed by atoms with Crippen LogP contribution in [-0.2, 0) is 0 Å². The highest BCUT2D eigenvalue weighted by molar-refractivity contribution is 5.98. The molecule has 1 aliphatic rings. The molecule has 0 bridgehead atoms. The maximum absolute atomic E-state index is 12.4. The van der Waals surface area contributed by atoms with Gasteiger partial charge in [0.25, 0.3) is 5.91 Å². The number of rotatable bonds is 2. The maximum atomic E-state index is 12.4. The molecule has 0 spiro atoms. The molecular formula is C13H18N2O3. The summed E-state index contributed by atoms with van der Waals surface area (Å²) in [5.41, 5.74) is 6.68. The van der Waals surface area contributed by atoms with Gasteiger partial charge in [-0.2, -0.15) is 0 Å². The van der Waals surface area contributed by atoms with Crippen molar-refractivity contribution in [1.82, 2.24) is 4.90 Å². The summed E-state index contributed by atoms with van der Waals surface area (Å²) in [4.78, 5) is 14.0. The Bertz CT molecular complexity index is 448. The normalized spacial score (nSPS) is 19.7. The lowest BCUT2D eigenvalue weighted by molar-refractivity contribution is 0.0471. The molecule has 0 unspecified atom stereocenters. The summed E-state index contributed by atoms with van der Waals surface area (Å²) in [6, 6.07) is 5.12. The molecule has 1 amide bonds. The Labute approximate surface area is 106 Å². The van der Waals surface area contributed by atoms with Crippen molar-refractivity contribution in [2.24, 2.45) is 0 Å². The van der Waals surface area contributed by atoms with E-state index in [1.807, 2.05) is 0 Å². The molecule has 1 fully saturated rings. The van der Waals surface area contributed by atoms with Crippen LogP contribution < -0.4 is 10.5 Å². The van der Waals surface area contributed by atoms with E-state index in [0.717, 1.165) is 12.8 Å². The first kappa shape index (κ1) is 12.7. The predicted octanol–water partition coefficient (Wildman–Crippen LogP) is 0.874. The summed E-state index contributed by atoms with van der Waals surface area (Å²) in [7, 11) is 1.49. The summed E-state index contributed by atoms with van der Waals surface area (Å²) in [6.45, 7) is 1.03. The first-order valence-corrected chi connectivity index (χ1v) is 6.03. The molecule has 18 heavy (non-hydrogen) atoms. The van der Waals surface area contributed by atoms with Gasteiger partial charge >= 0.3 is 0 Å². The molecule has 3 N–H and O–H groups in total. The van der Waals surface area contributed by atoms with Gasteiger partial charge in [-0.3, -0.25) is 4.79 Å². The number of hydrogen-bond donors (Lipinski definition) is 2. The number of β-amino-alcohol motifs (C(OH)–C–C–N with tert-alkyl or cyclic N) is 1. The third kappa shape index (κ3) is 2.41. The largest absolute Gasteiger partial charge is 0.494 e. The molecule has 1 aromatic carbocycles. The van der Waals surface area contributed by atoms with Crippen LogP contribution in [0.3, 0.4) is 0 Å². The number of hydrogen-bond acceptors (Lipinski definition) is 4. The molecule has 1 aromatic rings. The number of likely N-dealkylation sites (tertiary alicyclic amines) is 1. The zero-order valence-corrected chi connectivity index (χ0v) is 10.4. The second-order valence-corrected chi connectivity index (χ2v) is 4.48. The number of amides is 1. The van der Waals surface area contributed by atoms with Gasteiger partial charge in [0.2, 0.25) is 0 Å². The van der Waals surface area contributed by atoms with Crippen molar-refractivity contribution >= 4 is 11.6 Å². The molecule has 0 saturated carbocycles. The number of anilines is 1. The lowest BCUT2D eigenvalue weighted by atomic mass is 10.1. The lowest BCUT2D eigenvalue weighted by Crippen LogP contribution is -2.42. The van der Waals surface area contributed by atoms with Gasteiger partial charge in [0.05, 0.1) is 24.5 Å². The summed E-state index contributed by atoms with van der Waals surface area (Å²) in [5, 5.41) is 9.61. The maximum Gasteiger partial charge on any atom is 0.257 e. The van der Waals surface area contributed by atoms with Gasteiger partial charge < -0.3 is 20.5 Å². The van der Waals surface area contributed by atoms with Crippen molar-refractivity contribution < 1.29 is 14.6 Å². The van der Waals surface area contributed by atoms with Crippen LogP contribution in [0.25, 0.3) is 0 Å². The van der Waals surface area contributed by atoms with Crippen molar-refractivity contribution in [3.05, 3.63) is 23.8 Å². The van der Waals surface area contributed by atoms with Gasteiger partial charge in [-0.05, 0) is 25.0 Å². The van der Waals surface area contributed by atoms with E-state index in [1.54, 1.807) is 23.1 Å². The zero-order chi connectivity index (χ0) is 13.1. The molecule has 98 valence electrons. The number of nitrogens with zero attached hydrogens (tertiary/aromatic N) is 1. The molecule has 1 atom stereocenters. The minimum absolute atomic E-state index is 0.141. The standard InChI is InChI=1S/C13H18N2O3/c1-18-12-10(5-2-6-11(12)14)13(17)15-7-3-4-9(16)8-15/h2,5-6,9,16H,3-4,7-8,14H2,1H3/t9-/m0/s1. The lowest BCUT2D eigenvalue weighted by Gasteiger charge is -2.30. The number of aliphatic hydroxyl groups is 1. The van der Waals surface area contributed by atoms with Crippen LogP contribution in [0.2, 0.25) is 0 Å². The molecule has 5 nitrogen and oxygen atoms in total. The Hall–Kier alpha value is -1.75. The van der Waals surface area contributed by atoms with E-state index in [4.69, 9.17) is 10.5 Å². The summed E-state index contributed by atoms with van der Waals surface area (Å²) in [5.74, 6) is 0.264. The molecule has 0 aliphatic carbocycles. The molecule has 1 heterocycles. The highest BCUT2D eigenvalue weighted by Gasteiger charge is 2.25. The van der Waals surface area contributed by atoms with E-state index in [9.17, 15) is 9.90 Å². The molecule has 2 rings (SSSR count). The van der Waals surface area contributed by atoms with Crippen LogP contribution in [0.1, 0.15) is 23.2 Å². The molecular weight excluding hydrogens is 232 g/mol. The van der Waals surface area contributed by atoms with E-state index in [1.165, 1.54) is 7.11 Å². The molecule has 1 saturated heterocycles. The van der Waals surface area contributed by atoms with Gasteiger partial charge in [-0.25, -0.2) is 0 Å². The number of para-hydroxylation sites is 1. The quantitative estimate of drug-likeness (QED) is 0.764. The first-order valence-electron chi connectivity index (χ1n) is 6.03. The number of piperidine rings is 1. The highest BCUT2D eigenvalue weighted by Crippen LogP contribution is 2.27. The van der Waals surface area contributed by atoms with Crippen LogP contribution >= 0.6 is 0 Å². The van der Waals surface area contributed by atoms with Crippen LogP contribution in [0.5, 0.6) is 5.75 Å². The van der Waals surface area contributed by atoms with Crippen molar-refractivity contribution in [2.75, 3.05) is 25.9 Å². The molecule has 0 radical (unpaired) electrons. The minimum atomic E-state index is -0.435. The smallest absolute Gasteiger partial charge is 0.257 e. The summed E-state index contributed by atoms with van der Waals surface area (Å²) >= 11 is 0. The molecule has 1 aliphatic heterocycles. The third-order valence-corrected chi connectivity index (χ3v) is 3.16. The summed E-state index contributed by atoms with van der Waals surface area (Å²) in [6.07, 6.45) is 1.13. The fourth-order valence-corrected chi connectivity index (χ4v) is 2.26. The Morgan fingerprint density at radius 3 is 3.00 bits per heavy atom. The van der Waals surface area contributed by atoms with Crippen LogP contribution in [0.4, 0.5) is 5.69 Å². The van der Waals surface area contributed by atoms with Crippen LogP contribution in [0.15, 0.2) is 18.2 Å². The Morgan fingerprint density at radius 2 is 2.33 bits per heavy atom. The second kappa shape index (κ2) is 5.27. The van der Waals surface area contributed by atoms with Crippen molar-refractivity contribution in [2.45, 2.75) is 18.9 Å². The number of aliphatic hydroxyl groups excluding tert-OH is 1. The van der Waals surface area contributed by atoms with Crippen molar-refractivity contribution in [1.29, 1.82) is 0 Å². The fraction of sp³-hybridized carbons (Fsp3) is 0.462. The fourth-order valence-electron chi connectivity index (χ4n) is 2.26. The van der Waals surface area contributed by atoms with E-state index in [2.05, 4.69) is 0 Å². The number of nitrogens with two attached hydrogens (primary N) is 1. The van der Waals surface area contributed by atoms with Gasteiger partial charge in [0.15, 0.2) is 5.75 Å². The average molecular weight is 250 g/mol. The van der Waals surface area contributed by atoms with Gasteiger partial charge in [0, 0.05) is 13.1 Å². The van der Waals surface area contributed by atoms with Crippen LogP contribution in [-0.4, -0.2) is 42.2 Å². The summed E-state index contributed by atoms with van der Waals surface area (Å²) < 4.78 is 5.18. The first-order chi connectivity index (χ1) is 8.63. The predicted molar refractivity (Wildman–Crippen MR) is 68.6 cm³/mol. The molecule has 0 aromatic heterocycles. The SMILES string of the molecule is COc1c(N)cccc1C(=O)N1CCC[C@H](O)C1. The Kier molecular flexibility index (Phi) is 3.72. The zero-order valence-electron chi connectivity index (χ0n) is 10.4.